The van der Waals surface area contributed by atoms with E-state index in [2.05, 4.69) is 0 Å². The standard InChI is InChI=1S/C11H15ClN2O2/c1-2-14(7-11(13)16)6-8-5-9(12)3-4-10(8)15/h3-5,15H,2,6-7H2,1H3,(H2,13,16). The lowest BCUT2D eigenvalue weighted by atomic mass is 10.2. The van der Waals surface area contributed by atoms with Crippen molar-refractivity contribution in [2.45, 2.75) is 13.5 Å². The Bertz CT molecular complexity index is 382. The van der Waals surface area contributed by atoms with Crippen molar-refractivity contribution in [2.75, 3.05) is 13.1 Å². The van der Waals surface area contributed by atoms with Gasteiger partial charge >= 0.3 is 0 Å². The highest BCUT2D eigenvalue weighted by Gasteiger charge is 2.10. The first kappa shape index (κ1) is 12.8. The maximum Gasteiger partial charge on any atom is 0.231 e. The Labute approximate surface area is 99.6 Å². The summed E-state index contributed by atoms with van der Waals surface area (Å²) in [5.41, 5.74) is 5.81. The molecular formula is C11H15ClN2O2. The smallest absolute Gasteiger partial charge is 0.231 e. The number of hydrogen-bond acceptors (Lipinski definition) is 3. The van der Waals surface area contributed by atoms with Crippen molar-refractivity contribution in [2.24, 2.45) is 5.73 Å². The number of phenolic OH excluding ortho intramolecular Hbond substituents is 1. The predicted octanol–water partition coefficient (Wildman–Crippen LogP) is 1.35. The van der Waals surface area contributed by atoms with Crippen LogP contribution in [0.4, 0.5) is 0 Å². The number of likely N-dealkylation sites (N-methyl/N-ethyl adjacent to an activating group) is 1. The van der Waals surface area contributed by atoms with E-state index in [0.29, 0.717) is 23.7 Å². The minimum absolute atomic E-state index is 0.169. The van der Waals surface area contributed by atoms with E-state index in [0.717, 1.165) is 0 Å². The van der Waals surface area contributed by atoms with Crippen molar-refractivity contribution >= 4 is 17.5 Å². The second kappa shape index (κ2) is 5.72. The average Bonchev–Trinajstić information content (AvgIpc) is 2.21. The predicted molar refractivity (Wildman–Crippen MR) is 63.3 cm³/mol. The summed E-state index contributed by atoms with van der Waals surface area (Å²) in [6.45, 7) is 3.22. The molecule has 0 bridgehead atoms. The zero-order valence-electron chi connectivity index (χ0n) is 9.11. The molecular weight excluding hydrogens is 228 g/mol. The van der Waals surface area contributed by atoms with Gasteiger partial charge in [-0.2, -0.15) is 0 Å². The zero-order chi connectivity index (χ0) is 12.1. The van der Waals surface area contributed by atoms with E-state index in [1.165, 1.54) is 6.07 Å². The molecule has 1 aromatic carbocycles. The van der Waals surface area contributed by atoms with Crippen LogP contribution in [0.25, 0.3) is 0 Å². The lowest BCUT2D eigenvalue weighted by Gasteiger charge is -2.19. The maximum atomic E-state index is 10.8. The van der Waals surface area contributed by atoms with Gasteiger partial charge in [0.05, 0.1) is 6.54 Å². The first-order valence-corrected chi connectivity index (χ1v) is 5.38. The van der Waals surface area contributed by atoms with Crippen LogP contribution in [0.15, 0.2) is 18.2 Å². The highest BCUT2D eigenvalue weighted by Crippen LogP contribution is 2.22. The van der Waals surface area contributed by atoms with Crippen LogP contribution in [-0.4, -0.2) is 29.0 Å². The van der Waals surface area contributed by atoms with E-state index in [-0.39, 0.29) is 18.2 Å². The van der Waals surface area contributed by atoms with Gasteiger partial charge in [0.1, 0.15) is 5.75 Å². The number of phenols is 1. The van der Waals surface area contributed by atoms with Gasteiger partial charge in [-0.1, -0.05) is 18.5 Å². The van der Waals surface area contributed by atoms with Crippen molar-refractivity contribution < 1.29 is 9.90 Å². The minimum atomic E-state index is -0.386. The van der Waals surface area contributed by atoms with Gasteiger partial charge in [-0.3, -0.25) is 9.69 Å². The Kier molecular flexibility index (Phi) is 4.58. The van der Waals surface area contributed by atoms with Crippen LogP contribution in [0.2, 0.25) is 5.02 Å². The summed E-state index contributed by atoms with van der Waals surface area (Å²) < 4.78 is 0. The molecule has 0 unspecified atom stereocenters. The molecule has 0 radical (unpaired) electrons. The van der Waals surface area contributed by atoms with Gasteiger partial charge in [0.25, 0.3) is 0 Å². The Morgan fingerprint density at radius 1 is 1.56 bits per heavy atom. The highest BCUT2D eigenvalue weighted by atomic mass is 35.5. The number of rotatable bonds is 5. The maximum absolute atomic E-state index is 10.8. The summed E-state index contributed by atoms with van der Waals surface area (Å²) in [5.74, 6) is -0.212. The Morgan fingerprint density at radius 2 is 2.25 bits per heavy atom. The number of benzene rings is 1. The molecule has 0 fully saturated rings. The summed E-state index contributed by atoms with van der Waals surface area (Å²) in [6, 6.07) is 4.83. The lowest BCUT2D eigenvalue weighted by molar-refractivity contribution is -0.119. The summed E-state index contributed by atoms with van der Waals surface area (Å²) >= 11 is 5.83. The molecule has 0 atom stereocenters. The van der Waals surface area contributed by atoms with Crippen molar-refractivity contribution in [1.29, 1.82) is 0 Å². The van der Waals surface area contributed by atoms with Crippen LogP contribution in [0.1, 0.15) is 12.5 Å². The lowest BCUT2D eigenvalue weighted by Crippen LogP contribution is -2.33. The number of carbonyl (C=O) groups is 1. The quantitative estimate of drug-likeness (QED) is 0.819. The molecule has 5 heteroatoms. The minimum Gasteiger partial charge on any atom is -0.508 e. The number of carbonyl (C=O) groups excluding carboxylic acids is 1. The summed E-state index contributed by atoms with van der Waals surface area (Å²) in [5, 5.41) is 10.2. The number of nitrogens with zero attached hydrogens (tertiary/aromatic N) is 1. The first-order chi connectivity index (χ1) is 7.52. The van der Waals surface area contributed by atoms with Crippen LogP contribution in [0.5, 0.6) is 5.75 Å². The Balaban J connectivity index is 2.77. The average molecular weight is 243 g/mol. The number of nitrogens with two attached hydrogens (primary N) is 1. The molecule has 0 aliphatic carbocycles. The molecule has 3 N–H and O–H groups in total. The number of hydrogen-bond donors (Lipinski definition) is 2. The van der Waals surface area contributed by atoms with Gasteiger partial charge in [0.2, 0.25) is 5.91 Å². The molecule has 0 spiro atoms. The third-order valence-corrected chi connectivity index (χ3v) is 2.50. The van der Waals surface area contributed by atoms with Crippen LogP contribution < -0.4 is 5.73 Å². The van der Waals surface area contributed by atoms with Crippen molar-refractivity contribution in [3.8, 4) is 5.75 Å². The van der Waals surface area contributed by atoms with Crippen molar-refractivity contribution in [3.05, 3.63) is 28.8 Å². The molecule has 1 amide bonds. The highest BCUT2D eigenvalue weighted by molar-refractivity contribution is 6.30. The Morgan fingerprint density at radius 3 is 2.81 bits per heavy atom. The van der Waals surface area contributed by atoms with Gasteiger partial charge in [-0.05, 0) is 24.7 Å². The number of primary amides is 1. The molecule has 1 rings (SSSR count). The fraction of sp³-hybridized carbons (Fsp3) is 0.364. The van der Waals surface area contributed by atoms with Gasteiger partial charge in [-0.15, -0.1) is 0 Å². The molecule has 0 saturated heterocycles. The largest absolute Gasteiger partial charge is 0.508 e. The molecule has 4 nitrogen and oxygen atoms in total. The molecule has 0 saturated carbocycles. The third-order valence-electron chi connectivity index (χ3n) is 2.26. The fourth-order valence-electron chi connectivity index (χ4n) is 1.42. The molecule has 88 valence electrons. The van der Waals surface area contributed by atoms with E-state index in [1.807, 2.05) is 11.8 Å². The topological polar surface area (TPSA) is 66.6 Å². The van der Waals surface area contributed by atoms with E-state index in [9.17, 15) is 9.90 Å². The van der Waals surface area contributed by atoms with E-state index >= 15 is 0 Å². The summed E-state index contributed by atoms with van der Waals surface area (Å²) in [4.78, 5) is 12.6. The zero-order valence-corrected chi connectivity index (χ0v) is 9.87. The van der Waals surface area contributed by atoms with Crippen molar-refractivity contribution in [3.63, 3.8) is 0 Å². The van der Waals surface area contributed by atoms with Crippen LogP contribution in [0, 0.1) is 0 Å². The second-order valence-corrected chi connectivity index (χ2v) is 3.98. The second-order valence-electron chi connectivity index (χ2n) is 3.54. The SMILES string of the molecule is CCN(CC(N)=O)Cc1cc(Cl)ccc1O. The molecule has 1 aromatic rings. The van der Waals surface area contributed by atoms with Crippen LogP contribution in [-0.2, 0) is 11.3 Å². The summed E-state index contributed by atoms with van der Waals surface area (Å²) in [7, 11) is 0. The molecule has 16 heavy (non-hydrogen) atoms. The number of aromatic hydroxyl groups is 1. The molecule has 0 heterocycles. The molecule has 0 aliphatic rings. The monoisotopic (exact) mass is 242 g/mol. The van der Waals surface area contributed by atoms with Crippen LogP contribution >= 0.6 is 11.6 Å². The van der Waals surface area contributed by atoms with Gasteiger partial charge < -0.3 is 10.8 Å². The van der Waals surface area contributed by atoms with Gasteiger partial charge in [0, 0.05) is 17.1 Å². The summed E-state index contributed by atoms with van der Waals surface area (Å²) in [6.07, 6.45) is 0. The third kappa shape index (κ3) is 3.72. The van der Waals surface area contributed by atoms with E-state index in [4.69, 9.17) is 17.3 Å². The number of halogens is 1. The normalized spacial score (nSPS) is 10.7. The fourth-order valence-corrected chi connectivity index (χ4v) is 1.62. The Hall–Kier alpha value is -1.26. The molecule has 0 aliphatic heterocycles. The van der Waals surface area contributed by atoms with Crippen LogP contribution in [0.3, 0.4) is 0 Å². The van der Waals surface area contributed by atoms with E-state index in [1.54, 1.807) is 12.1 Å². The van der Waals surface area contributed by atoms with Gasteiger partial charge in [0.15, 0.2) is 0 Å². The number of amides is 1. The first-order valence-electron chi connectivity index (χ1n) is 5.01. The van der Waals surface area contributed by atoms with Gasteiger partial charge in [-0.25, -0.2) is 0 Å². The van der Waals surface area contributed by atoms with E-state index < -0.39 is 0 Å². The van der Waals surface area contributed by atoms with Crippen molar-refractivity contribution in [1.82, 2.24) is 4.90 Å². The molecule has 0 aromatic heterocycles.